The van der Waals surface area contributed by atoms with Crippen LogP contribution in [0.4, 0.5) is 0 Å². The molecule has 1 saturated heterocycles. The predicted molar refractivity (Wildman–Crippen MR) is 98.1 cm³/mol. The van der Waals surface area contributed by atoms with Gasteiger partial charge in [-0.1, -0.05) is 19.9 Å². The van der Waals surface area contributed by atoms with Crippen LogP contribution in [0.3, 0.4) is 0 Å². The van der Waals surface area contributed by atoms with Gasteiger partial charge >= 0.3 is 0 Å². The summed E-state index contributed by atoms with van der Waals surface area (Å²) in [6.07, 6.45) is 3.47. The van der Waals surface area contributed by atoms with Crippen molar-refractivity contribution in [2.45, 2.75) is 39.2 Å². The van der Waals surface area contributed by atoms with Crippen molar-refractivity contribution < 1.29 is 9.59 Å². The van der Waals surface area contributed by atoms with E-state index in [1.165, 1.54) is 0 Å². The van der Waals surface area contributed by atoms with E-state index in [1.807, 2.05) is 51.8 Å². The van der Waals surface area contributed by atoms with E-state index in [2.05, 4.69) is 15.2 Å². The molecule has 1 aromatic rings. The number of piperazine rings is 1. The zero-order chi connectivity index (χ0) is 18.6. The molecule has 1 aliphatic heterocycles. The van der Waals surface area contributed by atoms with Crippen molar-refractivity contribution in [1.29, 1.82) is 0 Å². The van der Waals surface area contributed by atoms with E-state index in [1.54, 1.807) is 12.4 Å². The molecule has 0 bridgehead atoms. The first kappa shape index (κ1) is 19.4. The summed E-state index contributed by atoms with van der Waals surface area (Å²) in [5, 5.41) is 2.98. The fourth-order valence-corrected chi connectivity index (χ4v) is 3.02. The van der Waals surface area contributed by atoms with E-state index in [-0.39, 0.29) is 23.8 Å². The van der Waals surface area contributed by atoms with Crippen LogP contribution in [0.5, 0.6) is 0 Å². The predicted octanol–water partition coefficient (Wildman–Crippen LogP) is 1.27. The van der Waals surface area contributed by atoms with E-state index >= 15 is 0 Å². The van der Waals surface area contributed by atoms with E-state index < -0.39 is 5.41 Å². The second-order valence-corrected chi connectivity index (χ2v) is 7.65. The molecule has 138 valence electrons. The van der Waals surface area contributed by atoms with Crippen molar-refractivity contribution >= 4 is 11.8 Å². The minimum atomic E-state index is -0.615. The van der Waals surface area contributed by atoms with Crippen molar-refractivity contribution in [3.05, 3.63) is 30.1 Å². The lowest BCUT2D eigenvalue weighted by Crippen LogP contribution is -2.59. The zero-order valence-electron chi connectivity index (χ0n) is 16.0. The van der Waals surface area contributed by atoms with Gasteiger partial charge in [0.25, 0.3) is 0 Å². The molecule has 0 saturated carbocycles. The molecule has 0 radical (unpaired) electrons. The molecule has 1 atom stereocenters. The Morgan fingerprint density at radius 2 is 2.08 bits per heavy atom. The van der Waals surface area contributed by atoms with Crippen LogP contribution in [0.1, 0.15) is 33.3 Å². The Hall–Kier alpha value is -1.95. The monoisotopic (exact) mass is 346 g/mol. The van der Waals surface area contributed by atoms with Crippen LogP contribution in [0.15, 0.2) is 24.5 Å². The van der Waals surface area contributed by atoms with Gasteiger partial charge in [-0.05, 0) is 32.5 Å². The van der Waals surface area contributed by atoms with E-state index in [9.17, 15) is 9.59 Å². The molecule has 0 spiro atoms. The van der Waals surface area contributed by atoms with E-state index in [4.69, 9.17) is 0 Å². The van der Waals surface area contributed by atoms with Crippen LogP contribution in [-0.4, -0.2) is 65.9 Å². The molecular formula is C19H30N4O2. The van der Waals surface area contributed by atoms with Crippen LogP contribution in [0.25, 0.3) is 0 Å². The maximum Gasteiger partial charge on any atom is 0.232 e. The first-order valence-electron chi connectivity index (χ1n) is 8.91. The average Bonchev–Trinajstić information content (AvgIpc) is 2.60. The lowest BCUT2D eigenvalue weighted by Gasteiger charge is -2.42. The van der Waals surface area contributed by atoms with E-state index in [0.29, 0.717) is 19.6 Å². The molecule has 1 aromatic heterocycles. The number of likely N-dealkylation sites (N-methyl/N-ethyl adjacent to an activating group) is 1. The first-order valence-corrected chi connectivity index (χ1v) is 8.91. The lowest BCUT2D eigenvalue weighted by atomic mass is 9.84. The van der Waals surface area contributed by atoms with E-state index in [0.717, 1.165) is 12.1 Å². The molecule has 2 amide bonds. The largest absolute Gasteiger partial charge is 0.354 e. The summed E-state index contributed by atoms with van der Waals surface area (Å²) in [4.78, 5) is 33.2. The Bertz CT molecular complexity index is 601. The van der Waals surface area contributed by atoms with Crippen LogP contribution in [-0.2, 0) is 15.0 Å². The molecule has 0 aromatic carbocycles. The maximum absolute atomic E-state index is 13.1. The number of nitrogens with zero attached hydrogens (tertiary/aromatic N) is 3. The van der Waals surface area contributed by atoms with Gasteiger partial charge < -0.3 is 10.2 Å². The van der Waals surface area contributed by atoms with Gasteiger partial charge in [0.15, 0.2) is 0 Å². The number of carbonyl (C=O) groups excluding carboxylic acids is 2. The molecule has 1 unspecified atom stereocenters. The Balaban J connectivity index is 2.04. The van der Waals surface area contributed by atoms with Gasteiger partial charge in [-0.15, -0.1) is 0 Å². The number of pyridine rings is 1. The van der Waals surface area contributed by atoms with Crippen molar-refractivity contribution in [3.8, 4) is 0 Å². The molecule has 1 N–H and O–H groups in total. The van der Waals surface area contributed by atoms with Gasteiger partial charge in [0.1, 0.15) is 0 Å². The van der Waals surface area contributed by atoms with Gasteiger partial charge in [0.05, 0.1) is 5.41 Å². The highest BCUT2D eigenvalue weighted by Crippen LogP contribution is 2.26. The minimum Gasteiger partial charge on any atom is -0.354 e. The quantitative estimate of drug-likeness (QED) is 0.872. The molecular weight excluding hydrogens is 316 g/mol. The minimum absolute atomic E-state index is 0.0313. The summed E-state index contributed by atoms with van der Waals surface area (Å²) in [6.45, 7) is 10.3. The van der Waals surface area contributed by atoms with Crippen LogP contribution >= 0.6 is 0 Å². The summed E-state index contributed by atoms with van der Waals surface area (Å²) >= 11 is 0. The SMILES string of the molecule is CC(C)C(=O)NCC1CN(C(=O)C(C)(C)c2cccnc2)CCN1C. The second-order valence-electron chi connectivity index (χ2n) is 7.65. The molecule has 2 heterocycles. The Labute approximate surface area is 150 Å². The van der Waals surface area contributed by atoms with Gasteiger partial charge in [-0.2, -0.15) is 0 Å². The second kappa shape index (κ2) is 7.95. The fraction of sp³-hybridized carbons (Fsp3) is 0.632. The Morgan fingerprint density at radius 3 is 2.68 bits per heavy atom. The highest BCUT2D eigenvalue weighted by Gasteiger charge is 2.37. The summed E-state index contributed by atoms with van der Waals surface area (Å²) < 4.78 is 0. The summed E-state index contributed by atoms with van der Waals surface area (Å²) in [5.41, 5.74) is 0.305. The number of amides is 2. The van der Waals surface area contributed by atoms with Crippen LogP contribution in [0.2, 0.25) is 0 Å². The summed E-state index contributed by atoms with van der Waals surface area (Å²) in [5.74, 6) is 0.123. The highest BCUT2D eigenvalue weighted by molar-refractivity contribution is 5.87. The standard InChI is InChI=1S/C19H30N4O2/c1-14(2)17(24)21-12-16-13-23(10-9-22(16)5)18(25)19(3,4)15-7-6-8-20-11-15/h6-8,11,14,16H,9-10,12-13H2,1-5H3,(H,21,24). The number of carbonyl (C=O) groups is 2. The van der Waals surface area contributed by atoms with Gasteiger partial charge in [-0.25, -0.2) is 0 Å². The normalized spacial score (nSPS) is 19.1. The van der Waals surface area contributed by atoms with Crippen molar-refractivity contribution in [3.63, 3.8) is 0 Å². The third-order valence-electron chi connectivity index (χ3n) is 5.02. The van der Waals surface area contributed by atoms with Crippen molar-refractivity contribution in [1.82, 2.24) is 20.1 Å². The zero-order valence-corrected chi connectivity index (χ0v) is 16.0. The van der Waals surface area contributed by atoms with Crippen molar-refractivity contribution in [2.75, 3.05) is 33.2 Å². The Kier molecular flexibility index (Phi) is 6.16. The molecule has 1 fully saturated rings. The molecule has 25 heavy (non-hydrogen) atoms. The van der Waals surface area contributed by atoms with Crippen molar-refractivity contribution in [2.24, 2.45) is 5.92 Å². The molecule has 2 rings (SSSR count). The number of hydrogen-bond donors (Lipinski definition) is 1. The molecule has 1 aliphatic rings. The fourth-order valence-electron chi connectivity index (χ4n) is 3.02. The van der Waals surface area contributed by atoms with Gasteiger partial charge in [-0.3, -0.25) is 19.5 Å². The highest BCUT2D eigenvalue weighted by atomic mass is 16.2. The topological polar surface area (TPSA) is 65.5 Å². The Morgan fingerprint density at radius 1 is 1.36 bits per heavy atom. The third kappa shape index (κ3) is 4.57. The summed E-state index contributed by atoms with van der Waals surface area (Å²) in [7, 11) is 2.04. The molecule has 6 heteroatoms. The lowest BCUT2D eigenvalue weighted by molar-refractivity contribution is -0.139. The number of aromatic nitrogens is 1. The smallest absolute Gasteiger partial charge is 0.232 e. The van der Waals surface area contributed by atoms with Crippen LogP contribution < -0.4 is 5.32 Å². The number of nitrogens with one attached hydrogen (secondary N) is 1. The average molecular weight is 346 g/mol. The number of hydrogen-bond acceptors (Lipinski definition) is 4. The first-order chi connectivity index (χ1) is 11.7. The molecule has 0 aliphatic carbocycles. The maximum atomic E-state index is 13.1. The van der Waals surface area contributed by atoms with Gasteiger partial charge in [0.2, 0.25) is 11.8 Å². The van der Waals surface area contributed by atoms with Crippen LogP contribution in [0, 0.1) is 5.92 Å². The number of rotatable bonds is 5. The van der Waals surface area contributed by atoms with Gasteiger partial charge in [0, 0.05) is 50.5 Å². The third-order valence-corrected chi connectivity index (χ3v) is 5.02. The molecule has 6 nitrogen and oxygen atoms in total. The summed E-state index contributed by atoms with van der Waals surface area (Å²) in [6, 6.07) is 3.94.